The van der Waals surface area contributed by atoms with Crippen LogP contribution in [0.15, 0.2) is 12.1 Å². The number of piperidine rings is 1. The van der Waals surface area contributed by atoms with Gasteiger partial charge in [0.25, 0.3) is 5.91 Å². The summed E-state index contributed by atoms with van der Waals surface area (Å²) in [6, 6.07) is 1.46. The predicted octanol–water partition coefficient (Wildman–Crippen LogP) is 2.34. The highest BCUT2D eigenvalue weighted by atomic mass is 35.5. The molecule has 2 rings (SSSR count). The lowest BCUT2D eigenvalue weighted by Crippen LogP contribution is -2.40. The zero-order valence-electron chi connectivity index (χ0n) is 10.7. The molecule has 0 unspecified atom stereocenters. The molecule has 1 heterocycles. The number of nitrogens with two attached hydrogens (primary N) is 1. The molecule has 0 atom stereocenters. The molecule has 2 N–H and O–H groups in total. The van der Waals surface area contributed by atoms with Gasteiger partial charge in [0.2, 0.25) is 0 Å². The third-order valence-corrected chi connectivity index (χ3v) is 3.47. The van der Waals surface area contributed by atoms with Gasteiger partial charge in [-0.1, -0.05) is 0 Å². The van der Waals surface area contributed by atoms with Gasteiger partial charge in [0.05, 0.1) is 0 Å². The first kappa shape index (κ1) is 16.8. The van der Waals surface area contributed by atoms with Crippen molar-refractivity contribution in [3.8, 4) is 0 Å². The Kier molecular flexibility index (Phi) is 5.83. The summed E-state index contributed by atoms with van der Waals surface area (Å²) in [6.07, 6.45) is 1.54. The highest BCUT2D eigenvalue weighted by Gasteiger charge is 2.24. The number of hydrogen-bond donors (Lipinski definition) is 1. The van der Waals surface area contributed by atoms with E-state index in [-0.39, 0.29) is 18.0 Å². The van der Waals surface area contributed by atoms with E-state index in [0.29, 0.717) is 25.6 Å². The second-order valence-electron chi connectivity index (χ2n) is 4.73. The van der Waals surface area contributed by atoms with Gasteiger partial charge < -0.3 is 10.6 Å². The van der Waals surface area contributed by atoms with Gasteiger partial charge in [-0.05, 0) is 37.4 Å². The van der Waals surface area contributed by atoms with Crippen molar-refractivity contribution in [2.24, 2.45) is 11.7 Å². The van der Waals surface area contributed by atoms with Gasteiger partial charge in [-0.2, -0.15) is 0 Å². The highest BCUT2D eigenvalue weighted by molar-refractivity contribution is 5.94. The van der Waals surface area contributed by atoms with Crippen molar-refractivity contribution in [1.29, 1.82) is 0 Å². The molecule has 0 aromatic heterocycles. The molecule has 1 saturated heterocycles. The predicted molar refractivity (Wildman–Crippen MR) is 71.2 cm³/mol. The third-order valence-electron chi connectivity index (χ3n) is 3.47. The summed E-state index contributed by atoms with van der Waals surface area (Å²) in [7, 11) is 0. The van der Waals surface area contributed by atoms with E-state index in [0.717, 1.165) is 25.0 Å². The van der Waals surface area contributed by atoms with Crippen LogP contribution in [-0.4, -0.2) is 30.4 Å². The van der Waals surface area contributed by atoms with Gasteiger partial charge in [0, 0.05) is 18.7 Å². The number of rotatable bonds is 2. The van der Waals surface area contributed by atoms with Crippen LogP contribution >= 0.6 is 12.4 Å². The number of likely N-dealkylation sites (tertiary alicyclic amines) is 1. The number of amides is 1. The Hall–Kier alpha value is -1.27. The Morgan fingerprint density at radius 2 is 1.70 bits per heavy atom. The lowest BCUT2D eigenvalue weighted by atomic mass is 9.96. The summed E-state index contributed by atoms with van der Waals surface area (Å²) in [5, 5.41) is 0. The summed E-state index contributed by atoms with van der Waals surface area (Å²) < 4.78 is 39.0. The Bertz CT molecular complexity index is 467. The largest absolute Gasteiger partial charge is 0.339 e. The summed E-state index contributed by atoms with van der Waals surface area (Å²) >= 11 is 0. The minimum Gasteiger partial charge on any atom is -0.339 e. The van der Waals surface area contributed by atoms with Crippen LogP contribution in [-0.2, 0) is 0 Å². The van der Waals surface area contributed by atoms with Crippen molar-refractivity contribution >= 4 is 18.3 Å². The van der Waals surface area contributed by atoms with E-state index in [4.69, 9.17) is 5.73 Å². The van der Waals surface area contributed by atoms with Crippen LogP contribution in [0.5, 0.6) is 0 Å². The second-order valence-corrected chi connectivity index (χ2v) is 4.73. The summed E-state index contributed by atoms with van der Waals surface area (Å²) in [5.41, 5.74) is 5.38. The number of carbonyl (C=O) groups excluding carboxylic acids is 1. The Morgan fingerprint density at radius 1 is 1.20 bits per heavy atom. The van der Waals surface area contributed by atoms with Gasteiger partial charge in [0.1, 0.15) is 0 Å². The molecular formula is C13H16ClF3N2O. The first-order chi connectivity index (χ1) is 9.02. The fourth-order valence-electron chi connectivity index (χ4n) is 2.23. The zero-order chi connectivity index (χ0) is 14.0. The third kappa shape index (κ3) is 3.43. The quantitative estimate of drug-likeness (QED) is 0.852. The number of halogens is 4. The average Bonchev–Trinajstić information content (AvgIpc) is 2.43. The summed E-state index contributed by atoms with van der Waals surface area (Å²) in [4.78, 5) is 13.6. The minimum atomic E-state index is -1.56. The van der Waals surface area contributed by atoms with Crippen molar-refractivity contribution in [1.82, 2.24) is 4.90 Å². The molecule has 0 radical (unpaired) electrons. The van der Waals surface area contributed by atoms with Crippen LogP contribution in [0.4, 0.5) is 13.2 Å². The van der Waals surface area contributed by atoms with Gasteiger partial charge >= 0.3 is 0 Å². The number of benzene rings is 1. The molecule has 1 fully saturated rings. The van der Waals surface area contributed by atoms with Crippen LogP contribution in [0.2, 0.25) is 0 Å². The molecule has 3 nitrogen and oxygen atoms in total. The molecule has 0 spiro atoms. The maximum atomic E-state index is 13.1. The normalized spacial score (nSPS) is 15.9. The smallest absolute Gasteiger partial charge is 0.254 e. The van der Waals surface area contributed by atoms with Crippen molar-refractivity contribution in [2.45, 2.75) is 12.8 Å². The molecule has 7 heteroatoms. The van der Waals surface area contributed by atoms with E-state index < -0.39 is 23.4 Å². The molecule has 1 aromatic rings. The molecule has 1 amide bonds. The van der Waals surface area contributed by atoms with Gasteiger partial charge in [-0.25, -0.2) is 13.2 Å². The fraction of sp³-hybridized carbons (Fsp3) is 0.462. The number of carbonyl (C=O) groups is 1. The monoisotopic (exact) mass is 308 g/mol. The van der Waals surface area contributed by atoms with Crippen LogP contribution in [0.1, 0.15) is 23.2 Å². The van der Waals surface area contributed by atoms with Crippen molar-refractivity contribution in [3.63, 3.8) is 0 Å². The summed E-state index contributed by atoms with van der Waals surface area (Å²) in [6.45, 7) is 1.57. The highest BCUT2D eigenvalue weighted by Crippen LogP contribution is 2.20. The molecule has 0 saturated carbocycles. The SMILES string of the molecule is Cl.NCC1CCN(C(=O)c2cc(F)c(F)c(F)c2)CC1. The number of hydrogen-bond acceptors (Lipinski definition) is 2. The Morgan fingerprint density at radius 3 is 2.15 bits per heavy atom. The zero-order valence-corrected chi connectivity index (χ0v) is 11.6. The van der Waals surface area contributed by atoms with Crippen LogP contribution in [0.3, 0.4) is 0 Å². The van der Waals surface area contributed by atoms with Gasteiger partial charge in [-0.3, -0.25) is 4.79 Å². The van der Waals surface area contributed by atoms with Crippen LogP contribution in [0.25, 0.3) is 0 Å². The van der Waals surface area contributed by atoms with E-state index in [1.165, 1.54) is 4.90 Å². The molecule has 112 valence electrons. The van der Waals surface area contributed by atoms with Gasteiger partial charge in [0.15, 0.2) is 17.5 Å². The fourth-order valence-corrected chi connectivity index (χ4v) is 2.23. The van der Waals surface area contributed by atoms with E-state index in [2.05, 4.69) is 0 Å². The van der Waals surface area contributed by atoms with E-state index >= 15 is 0 Å². The second kappa shape index (κ2) is 6.95. The molecule has 1 aliphatic heterocycles. The van der Waals surface area contributed by atoms with Crippen LogP contribution in [0, 0.1) is 23.4 Å². The standard InChI is InChI=1S/C13H15F3N2O.ClH/c14-10-5-9(6-11(15)12(10)16)13(19)18-3-1-8(7-17)2-4-18;/h5-6,8H,1-4,7,17H2;1H. The van der Waals surface area contributed by atoms with Crippen molar-refractivity contribution < 1.29 is 18.0 Å². The average molecular weight is 309 g/mol. The number of nitrogens with zero attached hydrogens (tertiary/aromatic N) is 1. The molecule has 1 aliphatic rings. The maximum Gasteiger partial charge on any atom is 0.254 e. The van der Waals surface area contributed by atoms with Crippen molar-refractivity contribution in [3.05, 3.63) is 35.1 Å². The lowest BCUT2D eigenvalue weighted by molar-refractivity contribution is 0.0692. The molecular weight excluding hydrogens is 293 g/mol. The van der Waals surface area contributed by atoms with Crippen molar-refractivity contribution in [2.75, 3.05) is 19.6 Å². The Balaban J connectivity index is 0.00000200. The van der Waals surface area contributed by atoms with E-state index in [1.807, 2.05) is 0 Å². The molecule has 0 aliphatic carbocycles. The maximum absolute atomic E-state index is 13.1. The summed E-state index contributed by atoms with van der Waals surface area (Å²) in [5.74, 6) is -4.35. The molecule has 0 bridgehead atoms. The lowest BCUT2D eigenvalue weighted by Gasteiger charge is -2.31. The van der Waals surface area contributed by atoms with Gasteiger partial charge in [-0.15, -0.1) is 12.4 Å². The molecule has 1 aromatic carbocycles. The Labute approximate surface area is 121 Å². The minimum absolute atomic E-state index is 0. The topological polar surface area (TPSA) is 46.3 Å². The first-order valence-electron chi connectivity index (χ1n) is 6.16. The molecule has 20 heavy (non-hydrogen) atoms. The van der Waals surface area contributed by atoms with Crippen LogP contribution < -0.4 is 5.73 Å². The van der Waals surface area contributed by atoms with E-state index in [1.54, 1.807) is 0 Å². The van der Waals surface area contributed by atoms with E-state index in [9.17, 15) is 18.0 Å². The first-order valence-corrected chi connectivity index (χ1v) is 6.16.